The normalized spacial score (nSPS) is 20.5. The minimum atomic E-state index is -0.996. The third-order valence-electron chi connectivity index (χ3n) is 4.63. The van der Waals surface area contributed by atoms with Crippen molar-refractivity contribution < 1.29 is 9.90 Å². The van der Waals surface area contributed by atoms with Gasteiger partial charge in [-0.1, -0.05) is 24.3 Å². The highest BCUT2D eigenvalue weighted by Crippen LogP contribution is 2.34. The van der Waals surface area contributed by atoms with Gasteiger partial charge in [0.05, 0.1) is 23.8 Å². The molecular weight excluding hydrogens is 302 g/mol. The van der Waals surface area contributed by atoms with Gasteiger partial charge in [0, 0.05) is 6.20 Å². The van der Waals surface area contributed by atoms with E-state index in [1.807, 2.05) is 39.0 Å². The summed E-state index contributed by atoms with van der Waals surface area (Å²) in [5.74, 6) is -0.207. The van der Waals surface area contributed by atoms with E-state index in [-0.39, 0.29) is 18.0 Å². The number of hydrogen-bond acceptors (Lipinski definition) is 3. The highest BCUT2D eigenvalue weighted by atomic mass is 16.3. The average molecular weight is 327 g/mol. The highest BCUT2D eigenvalue weighted by Gasteiger charge is 2.34. The molecule has 5 nitrogen and oxygen atoms in total. The number of hydrogen-bond donors (Lipinski definition) is 2. The number of carbonyl (C=O) groups excluding carboxylic acids is 1. The van der Waals surface area contributed by atoms with Gasteiger partial charge in [-0.15, -0.1) is 0 Å². The predicted octanol–water partition coefficient (Wildman–Crippen LogP) is 2.59. The molecule has 1 aliphatic carbocycles. The Morgan fingerprint density at radius 3 is 2.83 bits per heavy atom. The fraction of sp³-hybridized carbons (Fsp3) is 0.474. The lowest BCUT2D eigenvalue weighted by Crippen LogP contribution is -2.42. The van der Waals surface area contributed by atoms with Crippen LogP contribution in [0.5, 0.6) is 0 Å². The Labute approximate surface area is 142 Å². The van der Waals surface area contributed by atoms with Gasteiger partial charge in [-0.05, 0) is 51.2 Å². The predicted molar refractivity (Wildman–Crippen MR) is 92.8 cm³/mol. The SMILES string of the molecule is CC(C)(C)n1cc(C(=O)NCC2(O)CCCc3ccccc32)cn1. The number of nitrogens with one attached hydrogen (secondary N) is 1. The van der Waals surface area contributed by atoms with Gasteiger partial charge in [-0.2, -0.15) is 5.10 Å². The molecule has 0 saturated carbocycles. The van der Waals surface area contributed by atoms with E-state index in [1.165, 1.54) is 5.56 Å². The van der Waals surface area contributed by atoms with Gasteiger partial charge in [0.25, 0.3) is 5.91 Å². The summed E-state index contributed by atoms with van der Waals surface area (Å²) in [6.07, 6.45) is 5.87. The molecule has 0 fully saturated rings. The number of amides is 1. The molecule has 2 aromatic rings. The summed E-state index contributed by atoms with van der Waals surface area (Å²) in [4.78, 5) is 12.4. The molecule has 1 atom stereocenters. The third-order valence-corrected chi connectivity index (χ3v) is 4.63. The molecule has 3 rings (SSSR count). The van der Waals surface area contributed by atoms with Gasteiger partial charge in [0.2, 0.25) is 0 Å². The maximum Gasteiger partial charge on any atom is 0.254 e. The second-order valence-electron chi connectivity index (χ2n) is 7.57. The highest BCUT2D eigenvalue weighted by molar-refractivity contribution is 5.93. The quantitative estimate of drug-likeness (QED) is 0.910. The maximum absolute atomic E-state index is 12.4. The number of fused-ring (bicyclic) bond motifs is 1. The molecule has 128 valence electrons. The van der Waals surface area contributed by atoms with E-state index < -0.39 is 5.60 Å². The van der Waals surface area contributed by atoms with Gasteiger partial charge < -0.3 is 10.4 Å². The van der Waals surface area contributed by atoms with Crippen LogP contribution in [0.25, 0.3) is 0 Å². The molecule has 1 unspecified atom stereocenters. The van der Waals surface area contributed by atoms with Gasteiger partial charge in [0.1, 0.15) is 5.60 Å². The van der Waals surface area contributed by atoms with Crippen molar-refractivity contribution in [2.75, 3.05) is 6.54 Å². The van der Waals surface area contributed by atoms with Crippen molar-refractivity contribution in [2.24, 2.45) is 0 Å². The van der Waals surface area contributed by atoms with Crippen molar-refractivity contribution in [1.29, 1.82) is 0 Å². The van der Waals surface area contributed by atoms with Crippen LogP contribution in [0.1, 0.15) is 55.1 Å². The number of nitrogens with zero attached hydrogens (tertiary/aromatic N) is 2. The van der Waals surface area contributed by atoms with Crippen LogP contribution in [0, 0.1) is 0 Å². The van der Waals surface area contributed by atoms with Crippen LogP contribution >= 0.6 is 0 Å². The fourth-order valence-electron chi connectivity index (χ4n) is 3.22. The van der Waals surface area contributed by atoms with Crippen molar-refractivity contribution in [1.82, 2.24) is 15.1 Å². The van der Waals surface area contributed by atoms with E-state index >= 15 is 0 Å². The zero-order valence-electron chi connectivity index (χ0n) is 14.5. The van der Waals surface area contributed by atoms with Crippen molar-refractivity contribution >= 4 is 5.91 Å². The van der Waals surface area contributed by atoms with E-state index in [9.17, 15) is 9.90 Å². The Kier molecular flexibility index (Phi) is 4.22. The Morgan fingerprint density at radius 2 is 2.12 bits per heavy atom. The van der Waals surface area contributed by atoms with Crippen LogP contribution in [0.2, 0.25) is 0 Å². The summed E-state index contributed by atoms with van der Waals surface area (Å²) in [6, 6.07) is 7.93. The molecule has 5 heteroatoms. The van der Waals surface area contributed by atoms with E-state index in [0.717, 1.165) is 18.4 Å². The fourth-order valence-corrected chi connectivity index (χ4v) is 3.22. The zero-order chi connectivity index (χ0) is 17.4. The molecule has 2 N–H and O–H groups in total. The lowest BCUT2D eigenvalue weighted by molar-refractivity contribution is 0.0189. The molecule has 0 bridgehead atoms. The van der Waals surface area contributed by atoms with Crippen molar-refractivity contribution in [3.63, 3.8) is 0 Å². The monoisotopic (exact) mass is 327 g/mol. The van der Waals surface area contributed by atoms with Crippen molar-refractivity contribution in [3.05, 3.63) is 53.3 Å². The Balaban J connectivity index is 1.72. The average Bonchev–Trinajstić information content (AvgIpc) is 3.04. The van der Waals surface area contributed by atoms with Crippen LogP contribution in [-0.2, 0) is 17.6 Å². The minimum absolute atomic E-state index is 0.168. The smallest absolute Gasteiger partial charge is 0.254 e. The van der Waals surface area contributed by atoms with Crippen LogP contribution in [0.15, 0.2) is 36.7 Å². The Hall–Kier alpha value is -2.14. The van der Waals surface area contributed by atoms with Gasteiger partial charge >= 0.3 is 0 Å². The molecule has 0 aliphatic heterocycles. The van der Waals surface area contributed by atoms with Crippen LogP contribution in [0.4, 0.5) is 0 Å². The number of aliphatic hydroxyl groups is 1. The summed E-state index contributed by atoms with van der Waals surface area (Å²) in [5.41, 5.74) is 1.45. The topological polar surface area (TPSA) is 67.2 Å². The van der Waals surface area contributed by atoms with Crippen molar-refractivity contribution in [2.45, 2.75) is 51.2 Å². The molecule has 0 radical (unpaired) electrons. The molecule has 0 spiro atoms. The number of benzene rings is 1. The van der Waals surface area contributed by atoms with E-state index in [4.69, 9.17) is 0 Å². The van der Waals surface area contributed by atoms with Crippen LogP contribution < -0.4 is 5.32 Å². The first-order valence-corrected chi connectivity index (χ1v) is 8.44. The molecule has 1 heterocycles. The van der Waals surface area contributed by atoms with E-state index in [2.05, 4.69) is 16.5 Å². The molecule has 1 aromatic heterocycles. The second-order valence-corrected chi connectivity index (χ2v) is 7.57. The van der Waals surface area contributed by atoms with Crippen LogP contribution in [-0.4, -0.2) is 27.3 Å². The zero-order valence-corrected chi connectivity index (χ0v) is 14.5. The number of rotatable bonds is 3. The first kappa shape index (κ1) is 16.7. The minimum Gasteiger partial charge on any atom is -0.383 e. The van der Waals surface area contributed by atoms with Gasteiger partial charge in [-0.3, -0.25) is 9.48 Å². The van der Waals surface area contributed by atoms with Crippen molar-refractivity contribution in [3.8, 4) is 0 Å². The number of aromatic nitrogens is 2. The second kappa shape index (κ2) is 6.06. The summed E-state index contributed by atoms with van der Waals surface area (Å²) in [7, 11) is 0. The largest absolute Gasteiger partial charge is 0.383 e. The first-order valence-electron chi connectivity index (χ1n) is 8.44. The lowest BCUT2D eigenvalue weighted by Gasteiger charge is -2.34. The molecule has 24 heavy (non-hydrogen) atoms. The third kappa shape index (κ3) is 3.22. The Morgan fingerprint density at radius 1 is 1.38 bits per heavy atom. The van der Waals surface area contributed by atoms with Gasteiger partial charge in [-0.25, -0.2) is 0 Å². The lowest BCUT2D eigenvalue weighted by atomic mass is 9.79. The van der Waals surface area contributed by atoms with Gasteiger partial charge in [0.15, 0.2) is 0 Å². The van der Waals surface area contributed by atoms with E-state index in [1.54, 1.807) is 17.1 Å². The number of aryl methyl sites for hydroxylation is 1. The first-order chi connectivity index (χ1) is 11.3. The standard InChI is InChI=1S/C19H25N3O2/c1-18(2,3)22-12-15(11-21-22)17(23)20-13-19(24)10-6-8-14-7-4-5-9-16(14)19/h4-5,7,9,11-12,24H,6,8,10,13H2,1-3H3,(H,20,23). The molecule has 1 aromatic carbocycles. The summed E-state index contributed by atoms with van der Waals surface area (Å²) < 4.78 is 1.77. The summed E-state index contributed by atoms with van der Waals surface area (Å²) in [5, 5.41) is 18.1. The Bertz CT molecular complexity index is 745. The van der Waals surface area contributed by atoms with E-state index in [0.29, 0.717) is 12.0 Å². The molecule has 1 aliphatic rings. The van der Waals surface area contributed by atoms with Crippen LogP contribution in [0.3, 0.4) is 0 Å². The molecular formula is C19H25N3O2. The summed E-state index contributed by atoms with van der Waals surface area (Å²) in [6.45, 7) is 6.31. The number of carbonyl (C=O) groups is 1. The molecule has 1 amide bonds. The summed E-state index contributed by atoms with van der Waals surface area (Å²) >= 11 is 0. The molecule has 0 saturated heterocycles. The maximum atomic E-state index is 12.4.